The summed E-state index contributed by atoms with van der Waals surface area (Å²) >= 11 is 9.80. The number of halogens is 2. The number of carbonyl (C=O) groups is 1. The first-order valence-electron chi connectivity index (χ1n) is 6.20. The van der Waals surface area contributed by atoms with Crippen molar-refractivity contribution in [2.45, 2.75) is 31.6 Å². The molecule has 2 heterocycles. The van der Waals surface area contributed by atoms with E-state index in [9.17, 15) is 9.90 Å². The fourth-order valence-electron chi connectivity index (χ4n) is 3.41. The van der Waals surface area contributed by atoms with Crippen molar-refractivity contribution >= 4 is 39.3 Å². The van der Waals surface area contributed by atoms with Crippen LogP contribution in [0.3, 0.4) is 0 Å². The van der Waals surface area contributed by atoms with Crippen molar-refractivity contribution in [3.05, 3.63) is 21.3 Å². The third kappa shape index (κ3) is 1.78. The molecule has 1 fully saturated rings. The maximum Gasteiger partial charge on any atom is 0.309 e. The highest BCUT2D eigenvalue weighted by Crippen LogP contribution is 2.56. The molecular weight excluding hydrogens is 332 g/mol. The molecule has 2 atom stereocenters. The zero-order chi connectivity index (χ0) is 13.8. The van der Waals surface area contributed by atoms with E-state index in [0.717, 1.165) is 22.3 Å². The lowest BCUT2D eigenvalue weighted by Gasteiger charge is -2.26. The Bertz CT molecular complexity index is 580. The summed E-state index contributed by atoms with van der Waals surface area (Å²) in [7, 11) is 0. The SMILES string of the molecule is CC1(C(=O)O)CCC2(CNc3ncc(Br)c(Cl)c32)C1. The van der Waals surface area contributed by atoms with Crippen LogP contribution < -0.4 is 5.32 Å². The van der Waals surface area contributed by atoms with Crippen molar-refractivity contribution in [1.29, 1.82) is 0 Å². The van der Waals surface area contributed by atoms with Crippen molar-refractivity contribution in [1.82, 2.24) is 4.98 Å². The summed E-state index contributed by atoms with van der Waals surface area (Å²) in [6.07, 6.45) is 3.78. The molecule has 102 valence electrons. The van der Waals surface area contributed by atoms with Gasteiger partial charge in [0.15, 0.2) is 0 Å². The number of carboxylic acids is 1. The van der Waals surface area contributed by atoms with Crippen molar-refractivity contribution < 1.29 is 9.90 Å². The average molecular weight is 346 g/mol. The van der Waals surface area contributed by atoms with Gasteiger partial charge in [-0.15, -0.1) is 0 Å². The minimum atomic E-state index is -0.725. The zero-order valence-electron chi connectivity index (χ0n) is 10.5. The van der Waals surface area contributed by atoms with Gasteiger partial charge in [0.05, 0.1) is 14.9 Å². The minimum Gasteiger partial charge on any atom is -0.481 e. The molecule has 0 bridgehead atoms. The Morgan fingerprint density at radius 3 is 2.95 bits per heavy atom. The Labute approximate surface area is 124 Å². The Balaban J connectivity index is 2.08. The number of aromatic nitrogens is 1. The highest BCUT2D eigenvalue weighted by atomic mass is 79.9. The number of pyridine rings is 1. The van der Waals surface area contributed by atoms with Gasteiger partial charge in [-0.25, -0.2) is 4.98 Å². The van der Waals surface area contributed by atoms with Gasteiger partial charge in [0.1, 0.15) is 5.82 Å². The molecule has 1 spiro atoms. The molecule has 4 nitrogen and oxygen atoms in total. The van der Waals surface area contributed by atoms with Crippen LogP contribution in [-0.2, 0) is 10.2 Å². The van der Waals surface area contributed by atoms with Gasteiger partial charge in [0, 0.05) is 23.7 Å². The summed E-state index contributed by atoms with van der Waals surface area (Å²) in [4.78, 5) is 15.8. The number of nitrogens with one attached hydrogen (secondary N) is 1. The summed E-state index contributed by atoms with van der Waals surface area (Å²) in [6, 6.07) is 0. The van der Waals surface area contributed by atoms with Crippen molar-refractivity contribution in [3.63, 3.8) is 0 Å². The Morgan fingerprint density at radius 2 is 2.32 bits per heavy atom. The highest BCUT2D eigenvalue weighted by Gasteiger charge is 2.54. The molecule has 0 saturated heterocycles. The van der Waals surface area contributed by atoms with Crippen LogP contribution >= 0.6 is 27.5 Å². The molecule has 1 aliphatic carbocycles. The molecule has 0 radical (unpaired) electrons. The van der Waals surface area contributed by atoms with Gasteiger partial charge in [-0.05, 0) is 42.1 Å². The topological polar surface area (TPSA) is 62.2 Å². The number of anilines is 1. The van der Waals surface area contributed by atoms with Crippen LogP contribution in [0.5, 0.6) is 0 Å². The van der Waals surface area contributed by atoms with Crippen LogP contribution in [0.4, 0.5) is 5.82 Å². The third-order valence-electron chi connectivity index (χ3n) is 4.50. The standard InChI is InChI=1S/C13H14BrClN2O2/c1-12(11(18)19)2-3-13(5-12)6-17-10-8(13)9(15)7(14)4-16-10/h4H,2-3,5-6H2,1H3,(H,16,17)(H,18,19). The number of hydrogen-bond donors (Lipinski definition) is 2. The minimum absolute atomic E-state index is 0.198. The number of aliphatic carboxylic acids is 1. The first kappa shape index (κ1) is 13.2. The molecule has 0 amide bonds. The second-order valence-electron chi connectivity index (χ2n) is 5.82. The molecule has 0 aromatic carbocycles. The Morgan fingerprint density at radius 1 is 1.58 bits per heavy atom. The number of rotatable bonds is 1. The fourth-order valence-corrected chi connectivity index (χ4v) is 4.05. The van der Waals surface area contributed by atoms with Crippen LogP contribution in [-0.4, -0.2) is 22.6 Å². The molecule has 2 unspecified atom stereocenters. The van der Waals surface area contributed by atoms with E-state index < -0.39 is 11.4 Å². The maximum atomic E-state index is 11.4. The monoisotopic (exact) mass is 344 g/mol. The second-order valence-corrected chi connectivity index (χ2v) is 7.05. The smallest absolute Gasteiger partial charge is 0.309 e. The van der Waals surface area contributed by atoms with Gasteiger partial charge in [-0.1, -0.05) is 11.6 Å². The van der Waals surface area contributed by atoms with Gasteiger partial charge in [0.25, 0.3) is 0 Å². The first-order chi connectivity index (χ1) is 8.88. The summed E-state index contributed by atoms with van der Waals surface area (Å²) < 4.78 is 0.764. The van der Waals surface area contributed by atoms with E-state index in [1.54, 1.807) is 6.20 Å². The largest absolute Gasteiger partial charge is 0.481 e. The van der Waals surface area contributed by atoms with Crippen LogP contribution in [0.25, 0.3) is 0 Å². The summed E-state index contributed by atoms with van der Waals surface area (Å²) in [6.45, 7) is 2.54. The normalized spacial score (nSPS) is 32.4. The summed E-state index contributed by atoms with van der Waals surface area (Å²) in [5.41, 5.74) is 0.110. The molecule has 3 rings (SSSR count). The molecule has 1 saturated carbocycles. The second kappa shape index (κ2) is 4.09. The maximum absolute atomic E-state index is 11.4. The lowest BCUT2D eigenvalue weighted by molar-refractivity contribution is -0.147. The van der Waals surface area contributed by atoms with Crippen molar-refractivity contribution in [3.8, 4) is 0 Å². The highest BCUT2D eigenvalue weighted by molar-refractivity contribution is 9.10. The number of carboxylic acid groups (broad SMARTS) is 1. The van der Waals surface area contributed by atoms with E-state index in [2.05, 4.69) is 26.2 Å². The van der Waals surface area contributed by atoms with Crippen molar-refractivity contribution in [2.75, 3.05) is 11.9 Å². The van der Waals surface area contributed by atoms with Crippen molar-refractivity contribution in [2.24, 2.45) is 5.41 Å². The molecule has 1 aromatic rings. The van der Waals surface area contributed by atoms with E-state index in [1.807, 2.05) is 6.92 Å². The van der Waals surface area contributed by atoms with E-state index in [-0.39, 0.29) is 5.41 Å². The predicted molar refractivity (Wildman–Crippen MR) is 76.7 cm³/mol. The van der Waals surface area contributed by atoms with E-state index in [4.69, 9.17) is 11.6 Å². The lowest BCUT2D eigenvalue weighted by Crippen LogP contribution is -2.31. The van der Waals surface area contributed by atoms with Gasteiger partial charge in [0.2, 0.25) is 0 Å². The van der Waals surface area contributed by atoms with Crippen LogP contribution in [0.1, 0.15) is 31.7 Å². The van der Waals surface area contributed by atoms with E-state index in [1.165, 1.54) is 0 Å². The third-order valence-corrected chi connectivity index (χ3v) is 5.72. The quantitative estimate of drug-likeness (QED) is 0.818. The Hall–Kier alpha value is -0.810. The number of fused-ring (bicyclic) bond motifs is 2. The molecular formula is C13H14BrClN2O2. The van der Waals surface area contributed by atoms with E-state index >= 15 is 0 Å². The molecule has 19 heavy (non-hydrogen) atoms. The van der Waals surface area contributed by atoms with Crippen LogP contribution in [0.2, 0.25) is 5.02 Å². The van der Waals surface area contributed by atoms with Gasteiger partial charge in [-0.2, -0.15) is 0 Å². The molecule has 2 aliphatic rings. The predicted octanol–water partition coefficient (Wildman–Crippen LogP) is 3.44. The Kier molecular flexibility index (Phi) is 2.84. The molecule has 1 aromatic heterocycles. The molecule has 1 aliphatic heterocycles. The summed E-state index contributed by atoms with van der Waals surface area (Å²) in [5, 5.41) is 13.3. The van der Waals surface area contributed by atoms with Gasteiger partial charge < -0.3 is 10.4 Å². The van der Waals surface area contributed by atoms with E-state index in [0.29, 0.717) is 24.4 Å². The zero-order valence-corrected chi connectivity index (χ0v) is 12.8. The average Bonchev–Trinajstić information content (AvgIpc) is 2.88. The van der Waals surface area contributed by atoms with Gasteiger partial charge in [-0.3, -0.25) is 4.79 Å². The van der Waals surface area contributed by atoms with Crippen LogP contribution in [0, 0.1) is 5.41 Å². The number of nitrogens with zero attached hydrogens (tertiary/aromatic N) is 1. The van der Waals surface area contributed by atoms with Gasteiger partial charge >= 0.3 is 5.97 Å². The lowest BCUT2D eigenvalue weighted by atomic mass is 9.77. The number of hydrogen-bond acceptors (Lipinski definition) is 3. The fraction of sp³-hybridized carbons (Fsp3) is 0.538. The molecule has 2 N–H and O–H groups in total. The molecule has 6 heteroatoms. The first-order valence-corrected chi connectivity index (χ1v) is 7.37. The van der Waals surface area contributed by atoms with Crippen LogP contribution in [0.15, 0.2) is 10.7 Å². The summed E-state index contributed by atoms with van der Waals surface area (Å²) in [5.74, 6) is 0.0692.